The molecule has 0 spiro atoms. The first kappa shape index (κ1) is 11.3. The highest BCUT2D eigenvalue weighted by Gasteiger charge is 2.30. The van der Waals surface area contributed by atoms with Crippen molar-refractivity contribution < 1.29 is 9.90 Å². The molecule has 3 N–H and O–H groups in total. The summed E-state index contributed by atoms with van der Waals surface area (Å²) in [6, 6.07) is 5.80. The minimum absolute atomic E-state index is 0.0440. The molecule has 18 heavy (non-hydrogen) atoms. The zero-order chi connectivity index (χ0) is 12.9. The number of nitrogens with one attached hydrogen (secondary N) is 2. The number of hydrogen-bond acceptors (Lipinski definition) is 2. The van der Waals surface area contributed by atoms with Crippen LogP contribution in [0.5, 0.6) is 0 Å². The Morgan fingerprint density at radius 1 is 1.44 bits per heavy atom. The second kappa shape index (κ2) is 3.85. The number of H-pyrrole nitrogens is 1. The van der Waals surface area contributed by atoms with E-state index in [1.165, 1.54) is 5.56 Å². The van der Waals surface area contributed by atoms with Crippen LogP contribution in [-0.2, 0) is 11.2 Å². The summed E-state index contributed by atoms with van der Waals surface area (Å²) in [5.41, 5.74) is 4.55. The highest BCUT2D eigenvalue weighted by Crippen LogP contribution is 2.32. The van der Waals surface area contributed by atoms with E-state index in [1.807, 2.05) is 6.92 Å². The van der Waals surface area contributed by atoms with Crippen molar-refractivity contribution >= 4 is 16.9 Å². The zero-order valence-electron chi connectivity index (χ0n) is 10.4. The fourth-order valence-electron chi connectivity index (χ4n) is 2.78. The van der Waals surface area contributed by atoms with Crippen LogP contribution in [0.2, 0.25) is 0 Å². The summed E-state index contributed by atoms with van der Waals surface area (Å²) in [5, 5.41) is 13.4. The second-order valence-electron chi connectivity index (χ2n) is 5.05. The Bertz CT molecular complexity index is 630. The van der Waals surface area contributed by atoms with Crippen LogP contribution in [-0.4, -0.2) is 22.1 Å². The molecule has 0 saturated carbocycles. The Balaban J connectivity index is 2.18. The van der Waals surface area contributed by atoms with E-state index in [0.717, 1.165) is 22.2 Å². The van der Waals surface area contributed by atoms with Gasteiger partial charge < -0.3 is 10.1 Å². The summed E-state index contributed by atoms with van der Waals surface area (Å²) in [6.07, 6.45) is 0.540. The van der Waals surface area contributed by atoms with Crippen molar-refractivity contribution in [2.45, 2.75) is 32.4 Å². The maximum absolute atomic E-state index is 11.2. The number of fused-ring (bicyclic) bond motifs is 3. The normalized spacial score (nSPS) is 23.0. The van der Waals surface area contributed by atoms with Crippen LogP contribution < -0.4 is 5.32 Å². The SMILES string of the molecule is Cc1ccc2[nH]c3c(c2c1)CC(C(=O)O)NC3C. The van der Waals surface area contributed by atoms with E-state index >= 15 is 0 Å². The smallest absolute Gasteiger partial charge is 0.321 e. The Morgan fingerprint density at radius 3 is 2.94 bits per heavy atom. The van der Waals surface area contributed by atoms with Crippen LogP contribution in [0.1, 0.15) is 29.8 Å². The first-order valence-electron chi connectivity index (χ1n) is 6.16. The number of carbonyl (C=O) groups is 1. The minimum atomic E-state index is -0.783. The number of aromatic amines is 1. The number of aliphatic carboxylic acids is 1. The molecule has 4 heteroatoms. The molecule has 0 radical (unpaired) electrons. The van der Waals surface area contributed by atoms with Gasteiger partial charge in [-0.05, 0) is 31.5 Å². The first-order chi connectivity index (χ1) is 8.56. The molecule has 0 aliphatic carbocycles. The third kappa shape index (κ3) is 1.61. The molecule has 1 aliphatic rings. The molecule has 2 aromatic rings. The van der Waals surface area contributed by atoms with Gasteiger partial charge in [0, 0.05) is 29.1 Å². The van der Waals surface area contributed by atoms with Crippen molar-refractivity contribution in [1.82, 2.24) is 10.3 Å². The van der Waals surface area contributed by atoms with Crippen LogP contribution in [0.15, 0.2) is 18.2 Å². The van der Waals surface area contributed by atoms with Crippen LogP contribution in [0.3, 0.4) is 0 Å². The molecule has 2 heterocycles. The lowest BCUT2D eigenvalue weighted by Crippen LogP contribution is -2.43. The highest BCUT2D eigenvalue weighted by atomic mass is 16.4. The second-order valence-corrected chi connectivity index (χ2v) is 5.05. The maximum atomic E-state index is 11.2. The minimum Gasteiger partial charge on any atom is -0.480 e. The van der Waals surface area contributed by atoms with Gasteiger partial charge in [0.15, 0.2) is 0 Å². The van der Waals surface area contributed by atoms with E-state index in [1.54, 1.807) is 0 Å². The van der Waals surface area contributed by atoms with E-state index in [0.29, 0.717) is 6.42 Å². The van der Waals surface area contributed by atoms with Crippen LogP contribution in [0.25, 0.3) is 10.9 Å². The maximum Gasteiger partial charge on any atom is 0.321 e. The van der Waals surface area contributed by atoms with E-state index < -0.39 is 12.0 Å². The molecule has 1 aromatic heterocycles. The van der Waals surface area contributed by atoms with E-state index in [-0.39, 0.29) is 6.04 Å². The molecule has 0 bridgehead atoms. The fraction of sp³-hybridized carbons (Fsp3) is 0.357. The van der Waals surface area contributed by atoms with Gasteiger partial charge in [-0.15, -0.1) is 0 Å². The average Bonchev–Trinajstić information content (AvgIpc) is 2.68. The number of benzene rings is 1. The monoisotopic (exact) mass is 244 g/mol. The van der Waals surface area contributed by atoms with Gasteiger partial charge >= 0.3 is 5.97 Å². The summed E-state index contributed by atoms with van der Waals surface area (Å²) in [4.78, 5) is 14.6. The van der Waals surface area contributed by atoms with Gasteiger partial charge in [-0.25, -0.2) is 0 Å². The molecule has 1 aliphatic heterocycles. The molecule has 0 fully saturated rings. The number of rotatable bonds is 1. The molecule has 2 unspecified atom stereocenters. The average molecular weight is 244 g/mol. The zero-order valence-corrected chi connectivity index (χ0v) is 10.4. The van der Waals surface area contributed by atoms with E-state index in [2.05, 4.69) is 35.4 Å². The van der Waals surface area contributed by atoms with Crippen molar-refractivity contribution in [3.63, 3.8) is 0 Å². The van der Waals surface area contributed by atoms with Crippen molar-refractivity contribution in [2.75, 3.05) is 0 Å². The topological polar surface area (TPSA) is 65.1 Å². The standard InChI is InChI=1S/C14H16N2O2/c1-7-3-4-11-9(5-7)10-6-12(14(17)18)15-8(2)13(10)16-11/h3-5,8,12,15-16H,6H2,1-2H3,(H,17,18). The van der Waals surface area contributed by atoms with Gasteiger partial charge in [0.05, 0.1) is 0 Å². The number of aryl methyl sites for hydroxylation is 1. The van der Waals surface area contributed by atoms with Gasteiger partial charge in [-0.2, -0.15) is 0 Å². The number of aromatic nitrogens is 1. The van der Waals surface area contributed by atoms with E-state index in [4.69, 9.17) is 0 Å². The molecule has 0 amide bonds. The van der Waals surface area contributed by atoms with Gasteiger partial charge in [0.2, 0.25) is 0 Å². The van der Waals surface area contributed by atoms with Gasteiger partial charge in [0.1, 0.15) is 6.04 Å². The van der Waals surface area contributed by atoms with Crippen LogP contribution in [0, 0.1) is 6.92 Å². The van der Waals surface area contributed by atoms with Gasteiger partial charge in [-0.1, -0.05) is 11.6 Å². The molecular weight excluding hydrogens is 228 g/mol. The Labute approximate surface area is 105 Å². The molecule has 2 atom stereocenters. The quantitative estimate of drug-likeness (QED) is 0.720. The van der Waals surface area contributed by atoms with E-state index in [9.17, 15) is 9.90 Å². The number of carboxylic acids is 1. The molecule has 94 valence electrons. The lowest BCUT2D eigenvalue weighted by atomic mass is 9.94. The predicted octanol–water partition coefficient (Wildman–Crippen LogP) is 2.14. The largest absolute Gasteiger partial charge is 0.480 e. The predicted molar refractivity (Wildman–Crippen MR) is 69.7 cm³/mol. The van der Waals surface area contributed by atoms with Crippen LogP contribution in [0.4, 0.5) is 0 Å². The van der Waals surface area contributed by atoms with Crippen molar-refractivity contribution in [1.29, 1.82) is 0 Å². The highest BCUT2D eigenvalue weighted by molar-refractivity contribution is 5.87. The summed E-state index contributed by atoms with van der Waals surface area (Å²) in [6.45, 7) is 4.05. The van der Waals surface area contributed by atoms with Crippen molar-refractivity contribution in [2.24, 2.45) is 0 Å². The summed E-state index contributed by atoms with van der Waals surface area (Å²) in [7, 11) is 0. The number of carboxylic acid groups (broad SMARTS) is 1. The van der Waals surface area contributed by atoms with Gasteiger partial charge in [-0.3, -0.25) is 10.1 Å². The Kier molecular flexibility index (Phi) is 2.41. The van der Waals surface area contributed by atoms with Crippen LogP contribution >= 0.6 is 0 Å². The lowest BCUT2D eigenvalue weighted by molar-refractivity contribution is -0.139. The third-order valence-electron chi connectivity index (χ3n) is 3.69. The summed E-state index contributed by atoms with van der Waals surface area (Å²) >= 11 is 0. The summed E-state index contributed by atoms with van der Waals surface area (Å²) in [5.74, 6) is -0.783. The molecule has 0 saturated heterocycles. The summed E-state index contributed by atoms with van der Waals surface area (Å²) < 4.78 is 0. The molecule has 4 nitrogen and oxygen atoms in total. The van der Waals surface area contributed by atoms with Crippen molar-refractivity contribution in [3.05, 3.63) is 35.0 Å². The molecule has 3 rings (SSSR count). The fourth-order valence-corrected chi connectivity index (χ4v) is 2.78. The molecular formula is C14H16N2O2. The Morgan fingerprint density at radius 2 is 2.22 bits per heavy atom. The van der Waals surface area contributed by atoms with Crippen molar-refractivity contribution in [3.8, 4) is 0 Å². The first-order valence-corrected chi connectivity index (χ1v) is 6.16. The molecule has 1 aromatic carbocycles. The Hall–Kier alpha value is -1.81. The third-order valence-corrected chi connectivity index (χ3v) is 3.69. The number of hydrogen-bond donors (Lipinski definition) is 3. The lowest BCUT2D eigenvalue weighted by Gasteiger charge is -2.26. The van der Waals surface area contributed by atoms with Gasteiger partial charge in [0.25, 0.3) is 0 Å².